The number of hydrogen-bond acceptors (Lipinski definition) is 5. The Morgan fingerprint density at radius 2 is 2.12 bits per heavy atom. The van der Waals surface area contributed by atoms with E-state index in [-0.39, 0.29) is 0 Å². The summed E-state index contributed by atoms with van der Waals surface area (Å²) in [7, 11) is 4.09. The highest BCUT2D eigenvalue weighted by Crippen LogP contribution is 2.18. The highest BCUT2D eigenvalue weighted by atomic mass is 15.1. The topological polar surface area (TPSA) is 67.1 Å². The molecule has 0 fully saturated rings. The fourth-order valence-electron chi connectivity index (χ4n) is 1.47. The SMILES string of the molecule is CCCc1c(N)ncnc1NCCN(C)C. The van der Waals surface area contributed by atoms with Crippen molar-refractivity contribution >= 4 is 11.6 Å². The van der Waals surface area contributed by atoms with Gasteiger partial charge in [-0.1, -0.05) is 13.3 Å². The van der Waals surface area contributed by atoms with Crippen molar-refractivity contribution in [3.63, 3.8) is 0 Å². The van der Waals surface area contributed by atoms with Crippen molar-refractivity contribution in [2.24, 2.45) is 0 Å². The predicted octanol–water partition coefficient (Wildman–Crippen LogP) is 0.985. The highest BCUT2D eigenvalue weighted by Gasteiger charge is 2.07. The number of anilines is 2. The summed E-state index contributed by atoms with van der Waals surface area (Å²) < 4.78 is 0. The van der Waals surface area contributed by atoms with E-state index in [2.05, 4.69) is 27.1 Å². The van der Waals surface area contributed by atoms with Gasteiger partial charge in [-0.2, -0.15) is 0 Å². The van der Waals surface area contributed by atoms with Crippen LogP contribution in [-0.4, -0.2) is 42.1 Å². The molecule has 0 bridgehead atoms. The molecule has 0 aromatic carbocycles. The minimum absolute atomic E-state index is 0.587. The Morgan fingerprint density at radius 3 is 2.75 bits per heavy atom. The van der Waals surface area contributed by atoms with Crippen LogP contribution in [-0.2, 0) is 6.42 Å². The predicted molar refractivity (Wildman–Crippen MR) is 67.5 cm³/mol. The normalized spacial score (nSPS) is 10.8. The summed E-state index contributed by atoms with van der Waals surface area (Å²) >= 11 is 0. The van der Waals surface area contributed by atoms with E-state index in [4.69, 9.17) is 5.73 Å². The van der Waals surface area contributed by atoms with Crippen LogP contribution in [0.25, 0.3) is 0 Å². The number of rotatable bonds is 6. The molecule has 16 heavy (non-hydrogen) atoms. The molecule has 1 aromatic rings. The standard InChI is InChI=1S/C11H21N5/c1-4-5-9-10(12)14-8-15-11(9)13-6-7-16(2)3/h8H,4-7H2,1-3H3,(H3,12,13,14,15). The molecule has 0 saturated heterocycles. The summed E-state index contributed by atoms with van der Waals surface area (Å²) in [6.07, 6.45) is 3.46. The van der Waals surface area contributed by atoms with Crippen molar-refractivity contribution < 1.29 is 0 Å². The summed E-state index contributed by atoms with van der Waals surface area (Å²) in [5.74, 6) is 1.46. The van der Waals surface area contributed by atoms with Gasteiger partial charge in [-0.25, -0.2) is 9.97 Å². The fraction of sp³-hybridized carbons (Fsp3) is 0.636. The van der Waals surface area contributed by atoms with Crippen LogP contribution < -0.4 is 11.1 Å². The summed E-state index contributed by atoms with van der Waals surface area (Å²) in [6.45, 7) is 3.95. The van der Waals surface area contributed by atoms with Crippen LogP contribution in [0, 0.1) is 0 Å². The molecule has 0 aliphatic rings. The van der Waals surface area contributed by atoms with E-state index in [1.807, 2.05) is 14.1 Å². The van der Waals surface area contributed by atoms with Gasteiger partial charge < -0.3 is 16.0 Å². The molecule has 5 heteroatoms. The Morgan fingerprint density at radius 1 is 1.38 bits per heavy atom. The Balaban J connectivity index is 2.66. The number of nitrogens with zero attached hydrogens (tertiary/aromatic N) is 3. The molecule has 5 nitrogen and oxygen atoms in total. The van der Waals surface area contributed by atoms with E-state index in [9.17, 15) is 0 Å². The van der Waals surface area contributed by atoms with Gasteiger partial charge in [0.05, 0.1) is 0 Å². The van der Waals surface area contributed by atoms with Crippen molar-refractivity contribution in [2.45, 2.75) is 19.8 Å². The number of nitrogen functional groups attached to an aromatic ring is 1. The molecule has 1 rings (SSSR count). The van der Waals surface area contributed by atoms with Gasteiger partial charge in [0.25, 0.3) is 0 Å². The minimum atomic E-state index is 0.587. The lowest BCUT2D eigenvalue weighted by Crippen LogP contribution is -2.22. The quantitative estimate of drug-likeness (QED) is 0.752. The van der Waals surface area contributed by atoms with Crippen molar-refractivity contribution in [2.75, 3.05) is 38.2 Å². The summed E-state index contributed by atoms with van der Waals surface area (Å²) in [4.78, 5) is 10.4. The van der Waals surface area contributed by atoms with E-state index in [1.54, 1.807) is 0 Å². The van der Waals surface area contributed by atoms with Crippen molar-refractivity contribution in [1.82, 2.24) is 14.9 Å². The molecule has 1 heterocycles. The molecule has 0 spiro atoms. The summed E-state index contributed by atoms with van der Waals surface area (Å²) in [6, 6.07) is 0. The van der Waals surface area contributed by atoms with Crippen LogP contribution in [0.4, 0.5) is 11.6 Å². The molecule has 90 valence electrons. The first-order valence-corrected chi connectivity index (χ1v) is 5.63. The van der Waals surface area contributed by atoms with E-state index < -0.39 is 0 Å². The zero-order valence-corrected chi connectivity index (χ0v) is 10.3. The lowest BCUT2D eigenvalue weighted by atomic mass is 10.1. The van der Waals surface area contributed by atoms with Gasteiger partial charge in [0.2, 0.25) is 0 Å². The largest absolute Gasteiger partial charge is 0.383 e. The maximum atomic E-state index is 5.84. The second-order valence-electron chi connectivity index (χ2n) is 4.07. The molecule has 0 aliphatic carbocycles. The van der Waals surface area contributed by atoms with Crippen LogP contribution >= 0.6 is 0 Å². The van der Waals surface area contributed by atoms with Crippen LogP contribution in [0.5, 0.6) is 0 Å². The lowest BCUT2D eigenvalue weighted by molar-refractivity contribution is 0.425. The molecule has 0 radical (unpaired) electrons. The summed E-state index contributed by atoms with van der Waals surface area (Å²) in [5, 5.41) is 3.30. The molecule has 0 atom stereocenters. The number of nitrogens with one attached hydrogen (secondary N) is 1. The third-order valence-electron chi connectivity index (χ3n) is 2.33. The number of aromatic nitrogens is 2. The molecule has 0 aliphatic heterocycles. The first kappa shape index (κ1) is 12.7. The van der Waals surface area contributed by atoms with Crippen molar-refractivity contribution in [3.8, 4) is 0 Å². The second-order valence-corrected chi connectivity index (χ2v) is 4.07. The lowest BCUT2D eigenvalue weighted by Gasteiger charge is -2.14. The van der Waals surface area contributed by atoms with Crippen LogP contribution in [0.15, 0.2) is 6.33 Å². The highest BCUT2D eigenvalue weighted by molar-refractivity contribution is 5.54. The second kappa shape index (κ2) is 6.27. The molecule has 3 N–H and O–H groups in total. The first-order valence-electron chi connectivity index (χ1n) is 5.63. The zero-order chi connectivity index (χ0) is 12.0. The van der Waals surface area contributed by atoms with Gasteiger partial charge in [0.15, 0.2) is 0 Å². The number of likely N-dealkylation sites (N-methyl/N-ethyl adjacent to an activating group) is 1. The third kappa shape index (κ3) is 3.66. The van der Waals surface area contributed by atoms with Gasteiger partial charge in [0.1, 0.15) is 18.0 Å². The Kier molecular flexibility index (Phi) is 4.98. The van der Waals surface area contributed by atoms with E-state index >= 15 is 0 Å². The van der Waals surface area contributed by atoms with Crippen LogP contribution in [0.1, 0.15) is 18.9 Å². The molecule has 0 amide bonds. The van der Waals surface area contributed by atoms with E-state index in [0.717, 1.165) is 37.3 Å². The van der Waals surface area contributed by atoms with Crippen LogP contribution in [0.3, 0.4) is 0 Å². The summed E-state index contributed by atoms with van der Waals surface area (Å²) in [5.41, 5.74) is 6.87. The van der Waals surface area contributed by atoms with Gasteiger partial charge in [0, 0.05) is 18.7 Å². The Bertz CT molecular complexity index is 324. The van der Waals surface area contributed by atoms with Crippen molar-refractivity contribution in [3.05, 3.63) is 11.9 Å². The smallest absolute Gasteiger partial charge is 0.134 e. The minimum Gasteiger partial charge on any atom is -0.383 e. The van der Waals surface area contributed by atoms with Crippen molar-refractivity contribution in [1.29, 1.82) is 0 Å². The molecular formula is C11H21N5. The maximum absolute atomic E-state index is 5.84. The average Bonchev–Trinajstić information content (AvgIpc) is 2.22. The molecule has 0 saturated carbocycles. The van der Waals surface area contributed by atoms with Gasteiger partial charge >= 0.3 is 0 Å². The number of hydrogen-bond donors (Lipinski definition) is 2. The van der Waals surface area contributed by atoms with Gasteiger partial charge in [-0.15, -0.1) is 0 Å². The monoisotopic (exact) mass is 223 g/mol. The van der Waals surface area contributed by atoms with Gasteiger partial charge in [-0.3, -0.25) is 0 Å². The van der Waals surface area contributed by atoms with E-state index in [1.165, 1.54) is 6.33 Å². The van der Waals surface area contributed by atoms with E-state index in [0.29, 0.717) is 5.82 Å². The number of nitrogens with two attached hydrogens (primary N) is 1. The molecule has 0 unspecified atom stereocenters. The fourth-order valence-corrected chi connectivity index (χ4v) is 1.47. The Hall–Kier alpha value is -1.36. The third-order valence-corrected chi connectivity index (χ3v) is 2.33. The maximum Gasteiger partial charge on any atom is 0.134 e. The van der Waals surface area contributed by atoms with Crippen LogP contribution in [0.2, 0.25) is 0 Å². The molecule has 1 aromatic heterocycles. The van der Waals surface area contributed by atoms with Gasteiger partial charge in [-0.05, 0) is 20.5 Å². The zero-order valence-electron chi connectivity index (χ0n) is 10.3. The first-order chi connectivity index (χ1) is 7.65. The Labute approximate surface area is 97.1 Å². The molecular weight excluding hydrogens is 202 g/mol. The average molecular weight is 223 g/mol.